The predicted octanol–water partition coefficient (Wildman–Crippen LogP) is 6.28. The Morgan fingerprint density at radius 2 is 1.76 bits per heavy atom. The summed E-state index contributed by atoms with van der Waals surface area (Å²) in [6.07, 6.45) is 0.627. The van der Waals surface area contributed by atoms with Gasteiger partial charge in [0.1, 0.15) is 11.8 Å². The van der Waals surface area contributed by atoms with E-state index in [1.54, 1.807) is 36.7 Å². The van der Waals surface area contributed by atoms with Gasteiger partial charge in [-0.2, -0.15) is 5.26 Å². The summed E-state index contributed by atoms with van der Waals surface area (Å²) >= 11 is 12.4. The number of ether oxygens (including phenoxy) is 1. The third-order valence-electron chi connectivity index (χ3n) is 4.84. The van der Waals surface area contributed by atoms with Crippen LogP contribution in [-0.4, -0.2) is 17.1 Å². The summed E-state index contributed by atoms with van der Waals surface area (Å²) in [5.74, 6) is -0.442. The zero-order chi connectivity index (χ0) is 21.1. The highest BCUT2D eigenvalue weighted by atomic mass is 35.5. The van der Waals surface area contributed by atoms with Gasteiger partial charge in [-0.05, 0) is 42.7 Å². The molecule has 0 aliphatic heterocycles. The minimum Gasteiger partial charge on any atom is -0.461 e. The van der Waals surface area contributed by atoms with Crippen LogP contribution in [0.5, 0.6) is 0 Å². The van der Waals surface area contributed by atoms with Crippen LogP contribution in [0.15, 0.2) is 42.5 Å². The van der Waals surface area contributed by atoms with Gasteiger partial charge in [0, 0.05) is 33.9 Å². The van der Waals surface area contributed by atoms with Gasteiger partial charge in [0.15, 0.2) is 0 Å². The molecule has 0 amide bonds. The lowest BCUT2D eigenvalue weighted by Gasteiger charge is -2.10. The van der Waals surface area contributed by atoms with Crippen molar-refractivity contribution in [1.29, 1.82) is 5.26 Å². The summed E-state index contributed by atoms with van der Waals surface area (Å²) in [5, 5.41) is 11.0. The molecule has 148 valence electrons. The highest BCUT2D eigenvalue weighted by Crippen LogP contribution is 2.36. The number of esters is 1. The van der Waals surface area contributed by atoms with E-state index in [4.69, 9.17) is 27.9 Å². The zero-order valence-corrected chi connectivity index (χ0v) is 17.9. The summed E-state index contributed by atoms with van der Waals surface area (Å²) in [4.78, 5) is 12.6. The van der Waals surface area contributed by atoms with E-state index in [1.807, 2.05) is 31.2 Å². The molecule has 29 heavy (non-hydrogen) atoms. The Bertz CT molecular complexity index is 1110. The van der Waals surface area contributed by atoms with Crippen LogP contribution < -0.4 is 0 Å². The summed E-state index contributed by atoms with van der Waals surface area (Å²) in [6, 6.07) is 15.1. The van der Waals surface area contributed by atoms with E-state index in [2.05, 4.69) is 6.07 Å². The van der Waals surface area contributed by atoms with Gasteiger partial charge in [-0.3, -0.25) is 0 Å². The number of nitrogens with zero attached hydrogens (tertiary/aromatic N) is 2. The maximum absolute atomic E-state index is 12.6. The van der Waals surface area contributed by atoms with E-state index in [9.17, 15) is 10.1 Å². The highest BCUT2D eigenvalue weighted by Gasteiger charge is 2.26. The number of hydrogen-bond acceptors (Lipinski definition) is 3. The topological polar surface area (TPSA) is 55.0 Å². The molecule has 0 saturated heterocycles. The number of aromatic nitrogens is 1. The van der Waals surface area contributed by atoms with Crippen LogP contribution in [0.4, 0.5) is 0 Å². The Morgan fingerprint density at radius 3 is 2.34 bits per heavy atom. The van der Waals surface area contributed by atoms with E-state index in [1.165, 1.54) is 0 Å². The normalized spacial score (nSPS) is 10.6. The van der Waals surface area contributed by atoms with Gasteiger partial charge in [-0.25, -0.2) is 4.79 Å². The highest BCUT2D eigenvalue weighted by molar-refractivity contribution is 6.35. The molecule has 0 spiro atoms. The Labute approximate surface area is 180 Å². The fourth-order valence-electron chi connectivity index (χ4n) is 3.52. The van der Waals surface area contributed by atoms with Crippen LogP contribution in [0.25, 0.3) is 22.3 Å². The maximum Gasteiger partial charge on any atom is 0.355 e. The molecule has 0 unspecified atom stereocenters. The van der Waals surface area contributed by atoms with E-state index in [0.717, 1.165) is 22.4 Å². The van der Waals surface area contributed by atoms with Crippen LogP contribution in [-0.2, 0) is 18.2 Å². The van der Waals surface area contributed by atoms with E-state index < -0.39 is 5.97 Å². The van der Waals surface area contributed by atoms with E-state index in [-0.39, 0.29) is 6.61 Å². The molecule has 1 aromatic heterocycles. The van der Waals surface area contributed by atoms with Gasteiger partial charge in [-0.1, -0.05) is 54.4 Å². The van der Waals surface area contributed by atoms with Crippen molar-refractivity contribution in [3.8, 4) is 28.3 Å². The Morgan fingerprint density at radius 1 is 1.10 bits per heavy atom. The molecule has 1 heterocycles. The minimum absolute atomic E-state index is 0.263. The number of benzene rings is 2. The molecule has 0 saturated carbocycles. The molecule has 0 N–H and O–H groups in total. The monoisotopic (exact) mass is 426 g/mol. The first kappa shape index (κ1) is 21.0. The lowest BCUT2D eigenvalue weighted by Crippen LogP contribution is -2.12. The fourth-order valence-corrected chi connectivity index (χ4v) is 3.92. The quantitative estimate of drug-likeness (QED) is 0.451. The van der Waals surface area contributed by atoms with Crippen molar-refractivity contribution in [2.75, 3.05) is 6.61 Å². The van der Waals surface area contributed by atoms with Crippen molar-refractivity contribution < 1.29 is 9.53 Å². The minimum atomic E-state index is -0.442. The Kier molecular flexibility index (Phi) is 6.32. The second-order valence-electron chi connectivity index (χ2n) is 6.49. The molecule has 0 aliphatic rings. The van der Waals surface area contributed by atoms with Crippen molar-refractivity contribution in [2.45, 2.75) is 20.3 Å². The molecular formula is C23H20Cl2N2O2. The SMILES string of the molecule is CCOC(=O)c1c(-c2ccc(-c3cc(Cl)ccc3Cl)cc2)c(C#N)c(CC)n1C. The molecule has 3 aromatic rings. The lowest BCUT2D eigenvalue weighted by atomic mass is 9.97. The van der Waals surface area contributed by atoms with Gasteiger partial charge >= 0.3 is 5.97 Å². The molecule has 3 rings (SSSR count). The molecular weight excluding hydrogens is 407 g/mol. The smallest absolute Gasteiger partial charge is 0.355 e. The fraction of sp³-hybridized carbons (Fsp3) is 0.217. The maximum atomic E-state index is 12.6. The predicted molar refractivity (Wildman–Crippen MR) is 116 cm³/mol. The molecule has 0 radical (unpaired) electrons. The van der Waals surface area contributed by atoms with Gasteiger partial charge in [-0.15, -0.1) is 0 Å². The van der Waals surface area contributed by atoms with Gasteiger partial charge < -0.3 is 9.30 Å². The second-order valence-corrected chi connectivity index (χ2v) is 7.34. The zero-order valence-electron chi connectivity index (χ0n) is 16.4. The molecule has 6 heteroatoms. The number of carbonyl (C=O) groups excluding carboxylic acids is 1. The molecule has 0 atom stereocenters. The summed E-state index contributed by atoms with van der Waals surface area (Å²) in [7, 11) is 1.79. The van der Waals surface area contributed by atoms with Crippen LogP contribution in [0.2, 0.25) is 10.0 Å². The Balaban J connectivity index is 2.17. The van der Waals surface area contributed by atoms with Crippen molar-refractivity contribution in [3.63, 3.8) is 0 Å². The van der Waals surface area contributed by atoms with Crippen molar-refractivity contribution >= 4 is 29.2 Å². The van der Waals surface area contributed by atoms with E-state index >= 15 is 0 Å². The van der Waals surface area contributed by atoms with Gasteiger partial charge in [0.05, 0.1) is 12.2 Å². The summed E-state index contributed by atoms with van der Waals surface area (Å²) in [5.41, 5.74) is 4.74. The lowest BCUT2D eigenvalue weighted by molar-refractivity contribution is 0.0516. The van der Waals surface area contributed by atoms with Crippen LogP contribution in [0.1, 0.15) is 35.6 Å². The van der Waals surface area contributed by atoms with Crippen LogP contribution in [0.3, 0.4) is 0 Å². The first-order valence-corrected chi connectivity index (χ1v) is 10.0. The van der Waals surface area contributed by atoms with E-state index in [0.29, 0.717) is 33.3 Å². The van der Waals surface area contributed by atoms with Crippen LogP contribution >= 0.6 is 23.2 Å². The molecule has 4 nitrogen and oxygen atoms in total. The van der Waals surface area contributed by atoms with Crippen molar-refractivity contribution in [2.24, 2.45) is 7.05 Å². The van der Waals surface area contributed by atoms with Gasteiger partial charge in [0.25, 0.3) is 0 Å². The van der Waals surface area contributed by atoms with Crippen molar-refractivity contribution in [3.05, 3.63) is 69.5 Å². The largest absolute Gasteiger partial charge is 0.461 e. The molecule has 2 aromatic carbocycles. The average molecular weight is 427 g/mol. The first-order valence-electron chi connectivity index (χ1n) is 9.27. The number of rotatable bonds is 5. The number of hydrogen-bond donors (Lipinski definition) is 0. The number of nitriles is 1. The van der Waals surface area contributed by atoms with Crippen molar-refractivity contribution in [1.82, 2.24) is 4.57 Å². The summed E-state index contributed by atoms with van der Waals surface area (Å²) in [6.45, 7) is 3.98. The second kappa shape index (κ2) is 8.73. The molecule has 0 fully saturated rings. The first-order chi connectivity index (χ1) is 13.9. The molecule has 0 aliphatic carbocycles. The third kappa shape index (κ3) is 3.89. The Hall–Kier alpha value is -2.74. The van der Waals surface area contributed by atoms with Gasteiger partial charge in [0.2, 0.25) is 0 Å². The summed E-state index contributed by atoms with van der Waals surface area (Å²) < 4.78 is 7.01. The third-order valence-corrected chi connectivity index (χ3v) is 5.41. The number of carbonyl (C=O) groups is 1. The molecule has 0 bridgehead atoms. The standard InChI is InChI=1S/C23H20Cl2N2O2/c1-4-20-18(13-26)21(22(27(20)3)23(28)29-5-2)15-8-6-14(7-9-15)17-12-16(24)10-11-19(17)25/h6-12H,4-5H2,1-3H3. The van der Waals surface area contributed by atoms with Crippen LogP contribution in [0, 0.1) is 11.3 Å². The number of halogens is 2. The average Bonchev–Trinajstić information content (AvgIpc) is 3.01.